The van der Waals surface area contributed by atoms with Gasteiger partial charge in [0.05, 0.1) is 5.25 Å². The van der Waals surface area contributed by atoms with Gasteiger partial charge in [-0.3, -0.25) is 0 Å². The molecule has 5 heteroatoms. The normalized spacial score (nSPS) is 14.0. The number of aromatic nitrogens is 2. The van der Waals surface area contributed by atoms with Crippen molar-refractivity contribution in [3.63, 3.8) is 0 Å². The molecule has 1 aromatic heterocycles. The van der Waals surface area contributed by atoms with Crippen molar-refractivity contribution < 1.29 is 0 Å². The zero-order chi connectivity index (χ0) is 14.5. The molecule has 0 saturated heterocycles. The summed E-state index contributed by atoms with van der Waals surface area (Å²) in [7, 11) is 0. The van der Waals surface area contributed by atoms with Crippen molar-refractivity contribution in [3.05, 3.63) is 52.8 Å². The van der Waals surface area contributed by atoms with Crippen molar-refractivity contribution in [1.29, 1.82) is 0 Å². The third-order valence-electron chi connectivity index (χ3n) is 3.06. The monoisotopic (exact) mass is 307 g/mol. The molecule has 3 nitrogen and oxygen atoms in total. The molecule has 0 aliphatic heterocycles. The molecule has 0 aliphatic rings. The van der Waals surface area contributed by atoms with E-state index in [1.165, 1.54) is 0 Å². The molecule has 0 bridgehead atoms. The lowest BCUT2D eigenvalue weighted by Gasteiger charge is -2.23. The SMILES string of the molecule is CCC(N)C(Sc1ncc(C)cn1)c1ccccc1Cl. The van der Waals surface area contributed by atoms with E-state index in [-0.39, 0.29) is 11.3 Å². The van der Waals surface area contributed by atoms with Crippen LogP contribution in [0.15, 0.2) is 41.8 Å². The predicted molar refractivity (Wildman–Crippen MR) is 85.1 cm³/mol. The highest BCUT2D eigenvalue weighted by molar-refractivity contribution is 7.99. The van der Waals surface area contributed by atoms with Crippen molar-refractivity contribution in [3.8, 4) is 0 Å². The molecule has 1 aromatic carbocycles. The first-order valence-corrected chi connectivity index (χ1v) is 7.83. The van der Waals surface area contributed by atoms with Crippen LogP contribution in [-0.4, -0.2) is 16.0 Å². The van der Waals surface area contributed by atoms with Gasteiger partial charge in [0, 0.05) is 23.5 Å². The van der Waals surface area contributed by atoms with Crippen LogP contribution in [0.5, 0.6) is 0 Å². The third-order valence-corrected chi connectivity index (χ3v) is 4.68. The van der Waals surface area contributed by atoms with Gasteiger partial charge in [-0.25, -0.2) is 9.97 Å². The van der Waals surface area contributed by atoms with Crippen LogP contribution in [-0.2, 0) is 0 Å². The Hall–Kier alpha value is -1.10. The molecule has 2 atom stereocenters. The molecule has 2 unspecified atom stereocenters. The van der Waals surface area contributed by atoms with E-state index in [9.17, 15) is 0 Å². The number of aryl methyl sites for hydroxylation is 1. The van der Waals surface area contributed by atoms with E-state index in [1.54, 1.807) is 11.8 Å². The molecule has 0 amide bonds. The number of benzene rings is 1. The van der Waals surface area contributed by atoms with Gasteiger partial charge in [-0.05, 0) is 30.5 Å². The van der Waals surface area contributed by atoms with Crippen molar-refractivity contribution in [2.75, 3.05) is 0 Å². The Morgan fingerprint density at radius 2 is 1.90 bits per heavy atom. The van der Waals surface area contributed by atoms with Gasteiger partial charge in [-0.15, -0.1) is 0 Å². The standard InChI is InChI=1S/C15H18ClN3S/c1-3-13(17)14(11-6-4-5-7-12(11)16)20-15-18-8-10(2)9-19-15/h4-9,13-14H,3,17H2,1-2H3. The summed E-state index contributed by atoms with van der Waals surface area (Å²) >= 11 is 7.87. The Morgan fingerprint density at radius 3 is 2.50 bits per heavy atom. The smallest absolute Gasteiger partial charge is 0.188 e. The number of hydrogen-bond donors (Lipinski definition) is 1. The Morgan fingerprint density at radius 1 is 1.25 bits per heavy atom. The van der Waals surface area contributed by atoms with Crippen LogP contribution in [0, 0.1) is 6.92 Å². The maximum absolute atomic E-state index is 6.30. The Bertz CT molecular complexity index is 559. The average molecular weight is 308 g/mol. The molecule has 0 fully saturated rings. The fourth-order valence-corrected chi connectivity index (χ4v) is 3.33. The molecular formula is C15H18ClN3S. The number of nitrogens with two attached hydrogens (primary N) is 1. The number of thioether (sulfide) groups is 1. The minimum atomic E-state index is 0.00445. The topological polar surface area (TPSA) is 51.8 Å². The van der Waals surface area contributed by atoms with E-state index < -0.39 is 0 Å². The van der Waals surface area contributed by atoms with Crippen LogP contribution in [0.25, 0.3) is 0 Å². The maximum atomic E-state index is 6.30. The van der Waals surface area contributed by atoms with Crippen molar-refractivity contribution in [2.45, 2.75) is 36.7 Å². The first-order valence-electron chi connectivity index (χ1n) is 6.57. The fourth-order valence-electron chi connectivity index (χ4n) is 1.86. The zero-order valence-electron chi connectivity index (χ0n) is 11.6. The second-order valence-corrected chi connectivity index (χ2v) is 6.19. The fraction of sp³-hybridized carbons (Fsp3) is 0.333. The average Bonchev–Trinajstić information content (AvgIpc) is 2.47. The highest BCUT2D eigenvalue weighted by Gasteiger charge is 2.23. The van der Waals surface area contributed by atoms with Gasteiger partial charge in [-0.2, -0.15) is 0 Å². The predicted octanol–water partition coefficient (Wildman–Crippen LogP) is 4.01. The Balaban J connectivity index is 2.29. The minimum Gasteiger partial charge on any atom is -0.326 e. The number of rotatable bonds is 5. The van der Waals surface area contributed by atoms with Gasteiger partial charge in [0.1, 0.15) is 0 Å². The first kappa shape index (κ1) is 15.3. The largest absolute Gasteiger partial charge is 0.326 e. The lowest BCUT2D eigenvalue weighted by Crippen LogP contribution is -2.26. The van der Waals surface area contributed by atoms with Crippen LogP contribution >= 0.6 is 23.4 Å². The van der Waals surface area contributed by atoms with Crippen molar-refractivity contribution >= 4 is 23.4 Å². The van der Waals surface area contributed by atoms with E-state index in [1.807, 2.05) is 43.6 Å². The first-order chi connectivity index (χ1) is 9.61. The summed E-state index contributed by atoms with van der Waals surface area (Å²) in [5, 5.41) is 1.52. The van der Waals surface area contributed by atoms with E-state index in [0.29, 0.717) is 0 Å². The van der Waals surface area contributed by atoms with Crippen LogP contribution in [0.2, 0.25) is 5.02 Å². The number of halogens is 1. The summed E-state index contributed by atoms with van der Waals surface area (Å²) in [6.45, 7) is 4.04. The lowest BCUT2D eigenvalue weighted by molar-refractivity contribution is 0.632. The van der Waals surface area contributed by atoms with E-state index in [4.69, 9.17) is 17.3 Å². The Kier molecular flexibility index (Phi) is 5.40. The molecule has 20 heavy (non-hydrogen) atoms. The number of nitrogens with zero attached hydrogens (tertiary/aromatic N) is 2. The lowest BCUT2D eigenvalue weighted by atomic mass is 10.0. The van der Waals surface area contributed by atoms with Crippen LogP contribution in [0.3, 0.4) is 0 Å². The van der Waals surface area contributed by atoms with Gasteiger partial charge in [-0.1, -0.05) is 48.5 Å². The second kappa shape index (κ2) is 7.07. The summed E-state index contributed by atoms with van der Waals surface area (Å²) in [5.74, 6) is 0. The molecule has 2 N–H and O–H groups in total. The highest BCUT2D eigenvalue weighted by atomic mass is 35.5. The summed E-state index contributed by atoms with van der Waals surface area (Å²) in [6, 6.07) is 7.82. The molecular weight excluding hydrogens is 290 g/mol. The quantitative estimate of drug-likeness (QED) is 0.670. The summed E-state index contributed by atoms with van der Waals surface area (Å²) in [6.07, 6.45) is 4.50. The van der Waals surface area contributed by atoms with E-state index >= 15 is 0 Å². The molecule has 2 aromatic rings. The minimum absolute atomic E-state index is 0.00445. The van der Waals surface area contributed by atoms with Crippen LogP contribution in [0.4, 0.5) is 0 Å². The Labute approximate surface area is 129 Å². The van der Waals surface area contributed by atoms with Crippen molar-refractivity contribution in [1.82, 2.24) is 9.97 Å². The third kappa shape index (κ3) is 3.72. The summed E-state index contributed by atoms with van der Waals surface area (Å²) in [5.41, 5.74) is 8.35. The number of hydrogen-bond acceptors (Lipinski definition) is 4. The van der Waals surface area contributed by atoms with Gasteiger partial charge < -0.3 is 5.73 Å². The molecule has 0 aliphatic carbocycles. The molecule has 106 valence electrons. The van der Waals surface area contributed by atoms with Gasteiger partial charge in [0.25, 0.3) is 0 Å². The van der Waals surface area contributed by atoms with E-state index in [2.05, 4.69) is 16.9 Å². The molecule has 1 heterocycles. The highest BCUT2D eigenvalue weighted by Crippen LogP contribution is 2.39. The molecule has 0 spiro atoms. The zero-order valence-corrected chi connectivity index (χ0v) is 13.2. The maximum Gasteiger partial charge on any atom is 0.188 e. The summed E-state index contributed by atoms with van der Waals surface area (Å²) < 4.78 is 0. The molecule has 0 radical (unpaired) electrons. The van der Waals surface area contributed by atoms with Crippen LogP contribution < -0.4 is 5.73 Å². The van der Waals surface area contributed by atoms with Gasteiger partial charge in [0.15, 0.2) is 5.16 Å². The molecule has 2 rings (SSSR count). The van der Waals surface area contributed by atoms with E-state index in [0.717, 1.165) is 27.7 Å². The van der Waals surface area contributed by atoms with Crippen molar-refractivity contribution in [2.24, 2.45) is 5.73 Å². The van der Waals surface area contributed by atoms with Gasteiger partial charge >= 0.3 is 0 Å². The second-order valence-electron chi connectivity index (χ2n) is 4.68. The van der Waals surface area contributed by atoms with Gasteiger partial charge in [0.2, 0.25) is 0 Å². The summed E-state index contributed by atoms with van der Waals surface area (Å²) in [4.78, 5) is 8.69. The van der Waals surface area contributed by atoms with Crippen LogP contribution in [0.1, 0.15) is 29.7 Å². The molecule has 0 saturated carbocycles.